The lowest BCUT2D eigenvalue weighted by Crippen LogP contribution is -2.50. The molecule has 4 rings (SSSR count). The van der Waals surface area contributed by atoms with Crippen molar-refractivity contribution in [3.05, 3.63) is 57.6 Å². The minimum absolute atomic E-state index is 0.0218. The van der Waals surface area contributed by atoms with Crippen molar-refractivity contribution >= 4 is 34.9 Å². The molecule has 1 spiro atoms. The molecular formula is C23H23Cl2NO3. The summed E-state index contributed by atoms with van der Waals surface area (Å²) < 4.78 is 5.43. The van der Waals surface area contributed by atoms with Gasteiger partial charge in [0.15, 0.2) is 5.78 Å². The fourth-order valence-electron chi connectivity index (χ4n) is 4.55. The average Bonchev–Trinajstić information content (AvgIpc) is 2.95. The first-order chi connectivity index (χ1) is 13.8. The van der Waals surface area contributed by atoms with Crippen LogP contribution in [0.2, 0.25) is 10.0 Å². The summed E-state index contributed by atoms with van der Waals surface area (Å²) in [5.74, 6) is -1.01. The number of amides is 1. The van der Waals surface area contributed by atoms with E-state index in [9.17, 15) is 9.59 Å². The molecule has 1 aliphatic carbocycles. The van der Waals surface area contributed by atoms with Gasteiger partial charge < -0.3 is 10.1 Å². The average molecular weight is 432 g/mol. The first-order valence-corrected chi connectivity index (χ1v) is 10.6. The van der Waals surface area contributed by atoms with Crippen molar-refractivity contribution in [3.63, 3.8) is 0 Å². The normalized spacial score (nSPS) is 26.8. The highest BCUT2D eigenvalue weighted by Gasteiger charge is 2.54. The number of aryl methyl sites for hydroxylation is 1. The number of carbonyl (C=O) groups is 2. The number of rotatable bonds is 3. The smallest absolute Gasteiger partial charge is 0.235 e. The molecule has 1 aliphatic heterocycles. The van der Waals surface area contributed by atoms with Crippen LogP contribution in [0.15, 0.2) is 36.4 Å². The van der Waals surface area contributed by atoms with Crippen LogP contribution in [-0.4, -0.2) is 30.4 Å². The standard InChI is InChI=1S/C23H23Cl2NO3/c1-13-3-4-14(15-5-6-18(24)19(25)12-15)11-17(13)20-21(27)23(26-22(20)28)9-7-16(29-2)8-10-23/h3-6,11-12,16,20H,7-10H2,1-2H3,(H,26,28). The Balaban J connectivity index is 1.68. The van der Waals surface area contributed by atoms with Crippen LogP contribution in [0.4, 0.5) is 0 Å². The first-order valence-electron chi connectivity index (χ1n) is 9.80. The second-order valence-corrected chi connectivity index (χ2v) is 8.82. The molecule has 0 aromatic heterocycles. The summed E-state index contributed by atoms with van der Waals surface area (Å²) in [5, 5.41) is 3.99. The number of benzene rings is 2. The number of carbonyl (C=O) groups excluding carboxylic acids is 2. The van der Waals surface area contributed by atoms with E-state index >= 15 is 0 Å². The molecule has 0 radical (unpaired) electrons. The third-order valence-electron chi connectivity index (χ3n) is 6.32. The van der Waals surface area contributed by atoms with E-state index in [0.29, 0.717) is 22.9 Å². The zero-order valence-electron chi connectivity index (χ0n) is 16.4. The second kappa shape index (κ2) is 7.75. The van der Waals surface area contributed by atoms with Crippen molar-refractivity contribution in [1.29, 1.82) is 0 Å². The van der Waals surface area contributed by atoms with Gasteiger partial charge in [0.2, 0.25) is 5.91 Å². The SMILES string of the molecule is COC1CCC2(CC1)NC(=O)C(c1cc(-c3ccc(Cl)c(Cl)c3)ccc1C)C2=O. The summed E-state index contributed by atoms with van der Waals surface area (Å²) in [5.41, 5.74) is 2.70. The Kier molecular flexibility index (Phi) is 5.45. The molecule has 1 saturated heterocycles. The van der Waals surface area contributed by atoms with Crippen LogP contribution < -0.4 is 5.32 Å². The summed E-state index contributed by atoms with van der Waals surface area (Å²) >= 11 is 12.2. The molecule has 2 aromatic rings. The topological polar surface area (TPSA) is 55.4 Å². The van der Waals surface area contributed by atoms with Gasteiger partial charge in [0.1, 0.15) is 5.92 Å². The van der Waals surface area contributed by atoms with Crippen LogP contribution in [0.1, 0.15) is 42.7 Å². The monoisotopic (exact) mass is 431 g/mol. The molecule has 2 fully saturated rings. The van der Waals surface area contributed by atoms with Gasteiger partial charge in [-0.25, -0.2) is 0 Å². The number of hydrogen-bond acceptors (Lipinski definition) is 3. The quantitative estimate of drug-likeness (QED) is 0.689. The molecule has 1 saturated carbocycles. The number of hydrogen-bond donors (Lipinski definition) is 1. The maximum atomic E-state index is 13.4. The Hall–Kier alpha value is -1.88. The molecule has 0 bridgehead atoms. The van der Waals surface area contributed by atoms with Gasteiger partial charge in [-0.2, -0.15) is 0 Å². The predicted octanol–water partition coefficient (Wildman–Crippen LogP) is 5.08. The van der Waals surface area contributed by atoms with Crippen LogP contribution in [-0.2, 0) is 14.3 Å². The lowest BCUT2D eigenvalue weighted by molar-refractivity contribution is -0.126. The molecule has 1 atom stereocenters. The molecule has 1 amide bonds. The number of ketones is 1. The summed E-state index contributed by atoms with van der Waals surface area (Å²) in [4.78, 5) is 26.3. The van der Waals surface area contributed by atoms with Crippen LogP contribution >= 0.6 is 23.2 Å². The number of ether oxygens (including phenoxy) is 1. The number of Topliss-reactive ketones (excluding diaryl/α,β-unsaturated/α-hetero) is 1. The van der Waals surface area contributed by atoms with E-state index < -0.39 is 11.5 Å². The highest BCUT2D eigenvalue weighted by atomic mass is 35.5. The van der Waals surface area contributed by atoms with Gasteiger partial charge in [-0.3, -0.25) is 9.59 Å². The zero-order valence-corrected chi connectivity index (χ0v) is 17.9. The van der Waals surface area contributed by atoms with Crippen molar-refractivity contribution in [2.75, 3.05) is 7.11 Å². The Morgan fingerprint density at radius 2 is 1.66 bits per heavy atom. The fraction of sp³-hybridized carbons (Fsp3) is 0.391. The summed E-state index contributed by atoms with van der Waals surface area (Å²) in [6, 6.07) is 11.3. The van der Waals surface area contributed by atoms with Gasteiger partial charge in [-0.15, -0.1) is 0 Å². The molecule has 4 nitrogen and oxygen atoms in total. The van der Waals surface area contributed by atoms with Crippen LogP contribution in [0.5, 0.6) is 0 Å². The molecule has 152 valence electrons. The molecular weight excluding hydrogens is 409 g/mol. The predicted molar refractivity (Wildman–Crippen MR) is 115 cm³/mol. The lowest BCUT2D eigenvalue weighted by atomic mass is 9.75. The van der Waals surface area contributed by atoms with Gasteiger partial charge in [0.25, 0.3) is 0 Å². The van der Waals surface area contributed by atoms with Crippen molar-refractivity contribution in [2.24, 2.45) is 0 Å². The van der Waals surface area contributed by atoms with Crippen LogP contribution in [0, 0.1) is 6.92 Å². The number of halogens is 2. The van der Waals surface area contributed by atoms with Crippen molar-refractivity contribution in [3.8, 4) is 11.1 Å². The van der Waals surface area contributed by atoms with E-state index in [4.69, 9.17) is 27.9 Å². The minimum Gasteiger partial charge on any atom is -0.381 e. The van der Waals surface area contributed by atoms with E-state index in [1.165, 1.54) is 0 Å². The molecule has 1 heterocycles. The van der Waals surface area contributed by atoms with Gasteiger partial charge in [0.05, 0.1) is 21.7 Å². The van der Waals surface area contributed by atoms with Crippen LogP contribution in [0.25, 0.3) is 11.1 Å². The van der Waals surface area contributed by atoms with Gasteiger partial charge >= 0.3 is 0 Å². The highest BCUT2D eigenvalue weighted by molar-refractivity contribution is 6.42. The Morgan fingerprint density at radius 3 is 2.31 bits per heavy atom. The highest BCUT2D eigenvalue weighted by Crippen LogP contribution is 2.41. The van der Waals surface area contributed by atoms with E-state index in [1.54, 1.807) is 19.2 Å². The van der Waals surface area contributed by atoms with E-state index in [-0.39, 0.29) is 17.8 Å². The maximum absolute atomic E-state index is 13.4. The zero-order chi connectivity index (χ0) is 20.8. The third-order valence-corrected chi connectivity index (χ3v) is 7.06. The van der Waals surface area contributed by atoms with Gasteiger partial charge in [-0.05, 0) is 73.1 Å². The van der Waals surface area contributed by atoms with Crippen molar-refractivity contribution in [1.82, 2.24) is 5.32 Å². The molecule has 6 heteroatoms. The van der Waals surface area contributed by atoms with Crippen molar-refractivity contribution < 1.29 is 14.3 Å². The lowest BCUT2D eigenvalue weighted by Gasteiger charge is -2.35. The van der Waals surface area contributed by atoms with E-state index in [0.717, 1.165) is 35.1 Å². The van der Waals surface area contributed by atoms with Crippen LogP contribution in [0.3, 0.4) is 0 Å². The second-order valence-electron chi connectivity index (χ2n) is 8.00. The number of nitrogens with one attached hydrogen (secondary N) is 1. The first kappa shape index (κ1) is 20.4. The minimum atomic E-state index is -0.781. The molecule has 1 N–H and O–H groups in total. The molecule has 2 aromatic carbocycles. The Morgan fingerprint density at radius 1 is 1.00 bits per heavy atom. The number of methoxy groups -OCH3 is 1. The van der Waals surface area contributed by atoms with E-state index in [2.05, 4.69) is 5.32 Å². The van der Waals surface area contributed by atoms with Gasteiger partial charge in [-0.1, -0.05) is 41.4 Å². The Bertz CT molecular complexity index is 980. The summed E-state index contributed by atoms with van der Waals surface area (Å²) in [6.07, 6.45) is 2.95. The van der Waals surface area contributed by atoms with Gasteiger partial charge in [0, 0.05) is 7.11 Å². The van der Waals surface area contributed by atoms with Crippen molar-refractivity contribution in [2.45, 2.75) is 50.2 Å². The molecule has 29 heavy (non-hydrogen) atoms. The molecule has 2 aliphatic rings. The summed E-state index contributed by atoms with van der Waals surface area (Å²) in [6.45, 7) is 1.93. The van der Waals surface area contributed by atoms with E-state index in [1.807, 2.05) is 31.2 Å². The summed E-state index contributed by atoms with van der Waals surface area (Å²) in [7, 11) is 1.69. The third kappa shape index (κ3) is 3.58. The largest absolute Gasteiger partial charge is 0.381 e. The molecule has 1 unspecified atom stereocenters. The maximum Gasteiger partial charge on any atom is 0.235 e. The Labute approximate surface area is 180 Å². The fourth-order valence-corrected chi connectivity index (χ4v) is 4.84.